The molecule has 30 heavy (non-hydrogen) atoms. The molecule has 1 N–H and O–H groups in total. The number of piperazine rings is 1. The maximum Gasteiger partial charge on any atom is 0.412 e. The second-order valence-corrected chi connectivity index (χ2v) is 9.59. The number of rotatable bonds is 5. The van der Waals surface area contributed by atoms with Gasteiger partial charge in [-0.2, -0.15) is 0 Å². The van der Waals surface area contributed by atoms with E-state index in [0.29, 0.717) is 24.3 Å². The third-order valence-electron chi connectivity index (χ3n) is 4.79. The fraction of sp³-hybridized carbons (Fsp3) is 0.500. The average molecular weight is 431 g/mol. The summed E-state index contributed by atoms with van der Waals surface area (Å²) in [6.45, 7) is 11.4. The number of carbonyl (C=O) groups excluding carboxylic acids is 2. The third-order valence-corrected chi connectivity index (χ3v) is 6.01. The number of hydrogen-bond acceptors (Lipinski definition) is 6. The number of aryl methyl sites for hydroxylation is 1. The Hall–Kier alpha value is -2.45. The van der Waals surface area contributed by atoms with Crippen molar-refractivity contribution in [2.75, 3.05) is 31.5 Å². The van der Waals surface area contributed by atoms with Gasteiger partial charge in [0.15, 0.2) is 0 Å². The molecule has 8 heteroatoms. The first-order chi connectivity index (χ1) is 14.2. The minimum atomic E-state index is -0.613. The van der Waals surface area contributed by atoms with Crippen molar-refractivity contribution in [2.24, 2.45) is 0 Å². The maximum atomic E-state index is 13.1. The van der Waals surface area contributed by atoms with Crippen molar-refractivity contribution < 1.29 is 14.3 Å². The highest BCUT2D eigenvalue weighted by Crippen LogP contribution is 2.21. The molecule has 2 aromatic heterocycles. The Morgan fingerprint density at radius 2 is 1.83 bits per heavy atom. The molecular formula is C22H30N4O3S. The topological polar surface area (TPSA) is 74.8 Å². The smallest absolute Gasteiger partial charge is 0.412 e. The van der Waals surface area contributed by atoms with Gasteiger partial charge in [-0.25, -0.2) is 4.79 Å². The van der Waals surface area contributed by atoms with Gasteiger partial charge in [-0.3, -0.25) is 20.0 Å². The number of hydrogen-bond donors (Lipinski definition) is 1. The van der Waals surface area contributed by atoms with Crippen LogP contribution in [0.4, 0.5) is 10.5 Å². The van der Waals surface area contributed by atoms with Gasteiger partial charge in [-0.05, 0) is 45.4 Å². The first-order valence-corrected chi connectivity index (χ1v) is 11.1. The van der Waals surface area contributed by atoms with Crippen LogP contribution in [-0.4, -0.2) is 58.6 Å². The fourth-order valence-corrected chi connectivity index (χ4v) is 4.28. The summed E-state index contributed by atoms with van der Waals surface area (Å²) in [7, 11) is 0. The van der Waals surface area contributed by atoms with Gasteiger partial charge >= 0.3 is 6.09 Å². The quantitative estimate of drug-likeness (QED) is 0.776. The summed E-state index contributed by atoms with van der Waals surface area (Å²) in [6.07, 6.45) is 3.53. The van der Waals surface area contributed by atoms with Crippen LogP contribution in [0.5, 0.6) is 0 Å². The minimum Gasteiger partial charge on any atom is -0.444 e. The van der Waals surface area contributed by atoms with E-state index in [2.05, 4.69) is 34.3 Å². The molecule has 1 saturated heterocycles. The van der Waals surface area contributed by atoms with Crippen LogP contribution >= 0.6 is 11.3 Å². The van der Waals surface area contributed by atoms with Crippen molar-refractivity contribution in [1.29, 1.82) is 0 Å². The zero-order valence-corrected chi connectivity index (χ0v) is 18.9. The highest BCUT2D eigenvalue weighted by atomic mass is 32.1. The maximum absolute atomic E-state index is 13.1. The second kappa shape index (κ2) is 9.57. The Balaban J connectivity index is 1.59. The third kappa shape index (κ3) is 6.03. The van der Waals surface area contributed by atoms with E-state index in [9.17, 15) is 9.59 Å². The highest BCUT2D eigenvalue weighted by molar-refractivity contribution is 7.11. The Kier molecular flexibility index (Phi) is 7.10. The molecule has 1 aliphatic rings. The first kappa shape index (κ1) is 22.2. The number of ether oxygens (including phenoxy) is 1. The van der Waals surface area contributed by atoms with Gasteiger partial charge in [0.1, 0.15) is 5.60 Å². The van der Waals surface area contributed by atoms with Crippen molar-refractivity contribution >= 4 is 29.0 Å². The van der Waals surface area contributed by atoms with Crippen LogP contribution in [-0.2, 0) is 17.7 Å². The van der Waals surface area contributed by atoms with Gasteiger partial charge in [-0.1, -0.05) is 6.92 Å². The normalized spacial score (nSPS) is 15.1. The van der Waals surface area contributed by atoms with E-state index in [1.807, 2.05) is 16.2 Å². The number of carbonyl (C=O) groups is 2. The predicted molar refractivity (Wildman–Crippen MR) is 119 cm³/mol. The van der Waals surface area contributed by atoms with Crippen molar-refractivity contribution in [2.45, 2.75) is 46.3 Å². The van der Waals surface area contributed by atoms with E-state index >= 15 is 0 Å². The summed E-state index contributed by atoms with van der Waals surface area (Å²) < 4.78 is 5.30. The summed E-state index contributed by atoms with van der Waals surface area (Å²) in [5.74, 6) is -0.127. The van der Waals surface area contributed by atoms with Crippen LogP contribution in [0.25, 0.3) is 0 Å². The number of aromatic nitrogens is 1. The number of thiophene rings is 1. The molecular weight excluding hydrogens is 400 g/mol. The van der Waals surface area contributed by atoms with E-state index in [0.717, 1.165) is 26.1 Å². The molecule has 2 aromatic rings. The predicted octanol–water partition coefficient (Wildman–Crippen LogP) is 4.01. The molecule has 0 aromatic carbocycles. The zero-order chi connectivity index (χ0) is 21.7. The van der Waals surface area contributed by atoms with E-state index < -0.39 is 11.7 Å². The standard InChI is InChI=1S/C22H30N4O3S/c1-5-16-6-7-17(30-16)15-25-10-12-26(13-11-25)20(27)18-14-23-9-8-19(18)24-21(28)29-22(2,3)4/h6-9,14H,5,10-13,15H2,1-4H3,(H,23,24,28). The zero-order valence-electron chi connectivity index (χ0n) is 18.1. The molecule has 0 atom stereocenters. The minimum absolute atomic E-state index is 0.127. The lowest BCUT2D eigenvalue weighted by atomic mass is 10.2. The number of pyridine rings is 1. The highest BCUT2D eigenvalue weighted by Gasteiger charge is 2.25. The molecule has 3 rings (SSSR count). The monoisotopic (exact) mass is 430 g/mol. The van der Waals surface area contributed by atoms with Gasteiger partial charge in [0.25, 0.3) is 5.91 Å². The summed E-state index contributed by atoms with van der Waals surface area (Å²) in [5.41, 5.74) is 0.179. The van der Waals surface area contributed by atoms with Crippen LogP contribution in [0.15, 0.2) is 30.6 Å². The number of anilines is 1. The summed E-state index contributed by atoms with van der Waals surface area (Å²) in [4.78, 5) is 36.2. The van der Waals surface area contributed by atoms with E-state index in [4.69, 9.17) is 4.74 Å². The van der Waals surface area contributed by atoms with E-state index in [-0.39, 0.29) is 5.91 Å². The van der Waals surface area contributed by atoms with Gasteiger partial charge in [0.05, 0.1) is 11.3 Å². The van der Waals surface area contributed by atoms with E-state index in [1.54, 1.807) is 33.0 Å². The van der Waals surface area contributed by atoms with Crippen LogP contribution in [0.2, 0.25) is 0 Å². The largest absolute Gasteiger partial charge is 0.444 e. The summed E-state index contributed by atoms with van der Waals surface area (Å²) >= 11 is 1.86. The van der Waals surface area contributed by atoms with Gasteiger partial charge < -0.3 is 9.64 Å². The molecule has 0 spiro atoms. The first-order valence-electron chi connectivity index (χ1n) is 10.3. The SMILES string of the molecule is CCc1ccc(CN2CCN(C(=O)c3cnccc3NC(=O)OC(C)(C)C)CC2)s1. The molecule has 162 valence electrons. The van der Waals surface area contributed by atoms with Crippen LogP contribution < -0.4 is 5.32 Å². The molecule has 7 nitrogen and oxygen atoms in total. The van der Waals surface area contributed by atoms with Gasteiger partial charge in [-0.15, -0.1) is 11.3 Å². The molecule has 1 fully saturated rings. The van der Waals surface area contributed by atoms with Crippen LogP contribution in [0, 0.1) is 0 Å². The van der Waals surface area contributed by atoms with Crippen molar-refractivity contribution in [3.05, 3.63) is 45.9 Å². The summed E-state index contributed by atoms with van der Waals surface area (Å²) in [6, 6.07) is 6.02. The lowest BCUT2D eigenvalue weighted by Crippen LogP contribution is -2.48. The Labute approximate surface area is 182 Å². The molecule has 3 heterocycles. The van der Waals surface area contributed by atoms with Crippen molar-refractivity contribution in [1.82, 2.24) is 14.8 Å². The van der Waals surface area contributed by atoms with Crippen molar-refractivity contribution in [3.63, 3.8) is 0 Å². The van der Waals surface area contributed by atoms with Gasteiger partial charge in [0.2, 0.25) is 0 Å². The van der Waals surface area contributed by atoms with Crippen LogP contribution in [0.1, 0.15) is 47.8 Å². The molecule has 1 aliphatic heterocycles. The van der Waals surface area contributed by atoms with E-state index in [1.165, 1.54) is 16.0 Å². The number of nitrogens with zero attached hydrogens (tertiary/aromatic N) is 3. The molecule has 0 bridgehead atoms. The molecule has 0 aliphatic carbocycles. The van der Waals surface area contributed by atoms with Crippen LogP contribution in [0.3, 0.4) is 0 Å². The fourth-order valence-electron chi connectivity index (χ4n) is 3.28. The van der Waals surface area contributed by atoms with Gasteiger partial charge in [0, 0.05) is 54.9 Å². The van der Waals surface area contributed by atoms with Crippen molar-refractivity contribution in [3.8, 4) is 0 Å². The molecule has 2 amide bonds. The average Bonchev–Trinajstić information content (AvgIpc) is 3.14. The second-order valence-electron chi connectivity index (χ2n) is 8.34. The number of amides is 2. The molecule has 0 radical (unpaired) electrons. The molecule has 0 saturated carbocycles. The lowest BCUT2D eigenvalue weighted by molar-refractivity contribution is 0.0629. The Bertz CT molecular complexity index is 883. The number of nitrogens with one attached hydrogen (secondary N) is 1. The Morgan fingerprint density at radius 3 is 2.47 bits per heavy atom. The lowest BCUT2D eigenvalue weighted by Gasteiger charge is -2.34. The Morgan fingerprint density at radius 1 is 1.13 bits per heavy atom. The summed E-state index contributed by atoms with van der Waals surface area (Å²) in [5, 5.41) is 2.68. The molecule has 0 unspecified atom stereocenters.